The Morgan fingerprint density at radius 3 is 2.81 bits per heavy atom. The first kappa shape index (κ1) is 22.5. The molecule has 1 atom stereocenters. The number of hydrogen-bond donors (Lipinski definition) is 2. The minimum absolute atomic E-state index is 0. The van der Waals surface area contributed by atoms with Gasteiger partial charge in [0.15, 0.2) is 5.96 Å². The molecule has 3 rings (SSSR count). The van der Waals surface area contributed by atoms with Crippen molar-refractivity contribution in [3.05, 3.63) is 24.2 Å². The number of nitrogens with one attached hydrogen (secondary N) is 2. The molecule has 0 radical (unpaired) electrons. The Bertz CT molecular complexity index is 515. The Hall–Kier alpha value is -0.800. The third-order valence-corrected chi connectivity index (χ3v) is 4.78. The van der Waals surface area contributed by atoms with Gasteiger partial charge in [-0.25, -0.2) is 0 Å². The number of halogens is 1. The number of nitrogens with zero attached hydrogens (tertiary/aromatic N) is 1. The van der Waals surface area contributed by atoms with Crippen LogP contribution in [0.4, 0.5) is 0 Å². The van der Waals surface area contributed by atoms with Crippen LogP contribution in [0.15, 0.2) is 27.8 Å². The summed E-state index contributed by atoms with van der Waals surface area (Å²) in [5.74, 6) is 2.67. The molecular formula is C20H34IN3O3. The highest BCUT2D eigenvalue weighted by Gasteiger charge is 2.20. The molecule has 2 heterocycles. The fourth-order valence-electron chi connectivity index (χ4n) is 2.99. The summed E-state index contributed by atoms with van der Waals surface area (Å²) in [5.41, 5.74) is 0. The number of aliphatic imine (C=N–C) groups is 1. The second kappa shape index (κ2) is 13.4. The molecule has 0 spiro atoms. The minimum Gasteiger partial charge on any atom is -0.469 e. The average Bonchev–Trinajstić information content (AvgIpc) is 3.36. The van der Waals surface area contributed by atoms with E-state index in [1.165, 1.54) is 25.7 Å². The summed E-state index contributed by atoms with van der Waals surface area (Å²) >= 11 is 0. The normalized spacial score (nSPS) is 20.1. The number of hydrogen-bond acceptors (Lipinski definition) is 4. The van der Waals surface area contributed by atoms with Crippen molar-refractivity contribution in [1.29, 1.82) is 0 Å². The fourth-order valence-corrected chi connectivity index (χ4v) is 2.99. The second-order valence-corrected chi connectivity index (χ2v) is 7.23. The Labute approximate surface area is 179 Å². The van der Waals surface area contributed by atoms with Crippen molar-refractivity contribution in [2.75, 3.05) is 39.5 Å². The van der Waals surface area contributed by atoms with Crippen molar-refractivity contribution in [2.24, 2.45) is 10.9 Å². The molecule has 1 unspecified atom stereocenters. The van der Waals surface area contributed by atoms with E-state index in [4.69, 9.17) is 18.9 Å². The van der Waals surface area contributed by atoms with Crippen LogP contribution in [0.1, 0.15) is 44.3 Å². The molecule has 0 bridgehead atoms. The first-order chi connectivity index (χ1) is 12.9. The first-order valence-corrected chi connectivity index (χ1v) is 10.1. The largest absolute Gasteiger partial charge is 0.469 e. The third kappa shape index (κ3) is 9.80. The van der Waals surface area contributed by atoms with E-state index >= 15 is 0 Å². The van der Waals surface area contributed by atoms with Crippen molar-refractivity contribution in [3.63, 3.8) is 0 Å². The maximum absolute atomic E-state index is 5.78. The lowest BCUT2D eigenvalue weighted by molar-refractivity contribution is 0.0224. The zero-order chi connectivity index (χ0) is 17.9. The van der Waals surface area contributed by atoms with Crippen LogP contribution in [0.2, 0.25) is 0 Å². The van der Waals surface area contributed by atoms with Gasteiger partial charge in [-0.3, -0.25) is 4.99 Å². The highest BCUT2D eigenvalue weighted by Crippen LogP contribution is 2.28. The molecule has 7 heteroatoms. The SMILES string of the molecule is I.c1coc(CCNC(=NCC2CCCCO2)NCCCOCC2CC2)c1. The lowest BCUT2D eigenvalue weighted by Crippen LogP contribution is -2.40. The molecule has 1 saturated heterocycles. The van der Waals surface area contributed by atoms with Crippen molar-refractivity contribution in [3.8, 4) is 0 Å². The smallest absolute Gasteiger partial charge is 0.191 e. The van der Waals surface area contributed by atoms with Gasteiger partial charge in [-0.2, -0.15) is 0 Å². The van der Waals surface area contributed by atoms with Gasteiger partial charge in [-0.1, -0.05) is 0 Å². The number of rotatable bonds is 11. The summed E-state index contributed by atoms with van der Waals surface area (Å²) in [5, 5.41) is 6.82. The molecule has 1 aliphatic heterocycles. The maximum atomic E-state index is 5.78. The molecule has 1 saturated carbocycles. The van der Waals surface area contributed by atoms with E-state index in [1.54, 1.807) is 6.26 Å². The van der Waals surface area contributed by atoms with Crippen molar-refractivity contribution >= 4 is 29.9 Å². The topological polar surface area (TPSA) is 68.0 Å². The third-order valence-electron chi connectivity index (χ3n) is 4.78. The van der Waals surface area contributed by atoms with E-state index in [1.807, 2.05) is 12.1 Å². The van der Waals surface area contributed by atoms with Gasteiger partial charge in [0.25, 0.3) is 0 Å². The molecule has 1 aliphatic carbocycles. The second-order valence-electron chi connectivity index (χ2n) is 7.23. The Balaban J connectivity index is 0.00000261. The molecule has 154 valence electrons. The van der Waals surface area contributed by atoms with E-state index < -0.39 is 0 Å². The van der Waals surface area contributed by atoms with Gasteiger partial charge < -0.3 is 24.5 Å². The van der Waals surface area contributed by atoms with Gasteiger partial charge in [0.2, 0.25) is 0 Å². The fraction of sp³-hybridized carbons (Fsp3) is 0.750. The van der Waals surface area contributed by atoms with Crippen LogP contribution in [0.5, 0.6) is 0 Å². The monoisotopic (exact) mass is 491 g/mol. The Morgan fingerprint density at radius 2 is 2.07 bits per heavy atom. The van der Waals surface area contributed by atoms with Gasteiger partial charge in [0.05, 0.1) is 18.9 Å². The standard InChI is InChI=1S/C20H33N3O3.HI/c1-2-13-26-19(5-1)15-23-20(22-11-9-18-6-3-14-25-18)21-10-4-12-24-16-17-7-8-17;/h3,6,14,17,19H,1-2,4-5,7-13,15-16H2,(H2,21,22,23);1H. The van der Waals surface area contributed by atoms with Crippen LogP contribution in [-0.2, 0) is 15.9 Å². The minimum atomic E-state index is 0. The first-order valence-electron chi connectivity index (χ1n) is 10.1. The zero-order valence-corrected chi connectivity index (χ0v) is 18.5. The van der Waals surface area contributed by atoms with Gasteiger partial charge >= 0.3 is 0 Å². The van der Waals surface area contributed by atoms with Crippen LogP contribution >= 0.6 is 24.0 Å². The summed E-state index contributed by atoms with van der Waals surface area (Å²) in [4.78, 5) is 4.72. The van der Waals surface area contributed by atoms with Crippen molar-refractivity contribution < 1.29 is 13.9 Å². The molecule has 2 fully saturated rings. The van der Waals surface area contributed by atoms with E-state index in [2.05, 4.69) is 10.6 Å². The summed E-state index contributed by atoms with van der Waals surface area (Å²) in [6, 6.07) is 3.92. The lowest BCUT2D eigenvalue weighted by Gasteiger charge is -2.21. The summed E-state index contributed by atoms with van der Waals surface area (Å²) in [6.07, 6.45) is 10.0. The summed E-state index contributed by atoms with van der Waals surface area (Å²) in [7, 11) is 0. The van der Waals surface area contributed by atoms with Crippen LogP contribution in [-0.4, -0.2) is 51.5 Å². The van der Waals surface area contributed by atoms with Crippen LogP contribution < -0.4 is 10.6 Å². The predicted molar refractivity (Wildman–Crippen MR) is 118 cm³/mol. The molecule has 2 aliphatic rings. The molecule has 0 aromatic carbocycles. The highest BCUT2D eigenvalue weighted by atomic mass is 127. The summed E-state index contributed by atoms with van der Waals surface area (Å²) < 4.78 is 16.9. The Kier molecular flexibility index (Phi) is 11.2. The molecule has 2 N–H and O–H groups in total. The van der Waals surface area contributed by atoms with Gasteiger partial charge in [-0.15, -0.1) is 24.0 Å². The van der Waals surface area contributed by atoms with Gasteiger partial charge in [0, 0.05) is 39.3 Å². The maximum Gasteiger partial charge on any atom is 0.191 e. The predicted octanol–water partition coefficient (Wildman–Crippen LogP) is 3.36. The van der Waals surface area contributed by atoms with Crippen molar-refractivity contribution in [1.82, 2.24) is 10.6 Å². The van der Waals surface area contributed by atoms with Crippen LogP contribution in [0, 0.1) is 5.92 Å². The van der Waals surface area contributed by atoms with Crippen molar-refractivity contribution in [2.45, 2.75) is 51.0 Å². The van der Waals surface area contributed by atoms with Gasteiger partial charge in [-0.05, 0) is 56.6 Å². The van der Waals surface area contributed by atoms with E-state index in [9.17, 15) is 0 Å². The number of ether oxygens (including phenoxy) is 2. The lowest BCUT2D eigenvalue weighted by atomic mass is 10.1. The zero-order valence-electron chi connectivity index (χ0n) is 16.2. The molecule has 6 nitrogen and oxygen atoms in total. The van der Waals surface area contributed by atoms with Crippen LogP contribution in [0.25, 0.3) is 0 Å². The average molecular weight is 491 g/mol. The molecule has 1 aromatic rings. The number of furan rings is 1. The van der Waals surface area contributed by atoms with E-state index in [-0.39, 0.29) is 30.1 Å². The highest BCUT2D eigenvalue weighted by molar-refractivity contribution is 14.0. The number of guanidine groups is 1. The Morgan fingerprint density at radius 1 is 1.19 bits per heavy atom. The van der Waals surface area contributed by atoms with Gasteiger partial charge in [0.1, 0.15) is 5.76 Å². The molecular weight excluding hydrogens is 457 g/mol. The molecule has 27 heavy (non-hydrogen) atoms. The van der Waals surface area contributed by atoms with Crippen LogP contribution in [0.3, 0.4) is 0 Å². The molecule has 0 amide bonds. The van der Waals surface area contributed by atoms with E-state index in [0.717, 1.165) is 69.8 Å². The molecule has 1 aromatic heterocycles. The van der Waals surface area contributed by atoms with E-state index in [0.29, 0.717) is 6.54 Å². The quantitative estimate of drug-likeness (QED) is 0.215. The summed E-state index contributed by atoms with van der Waals surface area (Å²) in [6.45, 7) is 4.99.